The van der Waals surface area contributed by atoms with E-state index < -0.39 is 5.54 Å². The predicted octanol–water partition coefficient (Wildman–Crippen LogP) is 2.54. The van der Waals surface area contributed by atoms with Gasteiger partial charge in [0.1, 0.15) is 11.4 Å². The van der Waals surface area contributed by atoms with Crippen LogP contribution in [-0.4, -0.2) is 25.7 Å². The van der Waals surface area contributed by atoms with Gasteiger partial charge >= 0.3 is 0 Å². The molecular formula is C14H20FN3. The highest BCUT2D eigenvalue weighted by Crippen LogP contribution is 2.17. The summed E-state index contributed by atoms with van der Waals surface area (Å²) in [5, 5.41) is 12.1. The Morgan fingerprint density at radius 1 is 1.39 bits per heavy atom. The molecule has 0 aliphatic carbocycles. The minimum absolute atomic E-state index is 0.230. The Bertz CT molecular complexity index is 410. The highest BCUT2D eigenvalue weighted by Gasteiger charge is 2.21. The molecule has 1 rings (SSSR count). The van der Waals surface area contributed by atoms with Gasteiger partial charge in [-0.05, 0) is 51.6 Å². The maximum atomic E-state index is 12.9. The van der Waals surface area contributed by atoms with E-state index >= 15 is 0 Å². The van der Waals surface area contributed by atoms with E-state index in [2.05, 4.69) is 16.3 Å². The summed E-state index contributed by atoms with van der Waals surface area (Å²) in [6.07, 6.45) is 0.714. The zero-order valence-corrected chi connectivity index (χ0v) is 11.2. The van der Waals surface area contributed by atoms with E-state index in [1.807, 2.05) is 13.8 Å². The largest absolute Gasteiger partial charge is 0.372 e. The first-order chi connectivity index (χ1) is 8.54. The molecule has 0 aliphatic rings. The van der Waals surface area contributed by atoms with Gasteiger partial charge in [0.25, 0.3) is 0 Å². The van der Waals surface area contributed by atoms with Crippen molar-refractivity contribution in [3.05, 3.63) is 30.1 Å². The molecule has 0 saturated heterocycles. The summed E-state index contributed by atoms with van der Waals surface area (Å²) in [7, 11) is 1.79. The lowest BCUT2D eigenvalue weighted by Gasteiger charge is -2.28. The first-order valence-corrected chi connectivity index (χ1v) is 6.15. The van der Waals surface area contributed by atoms with Crippen LogP contribution in [0.5, 0.6) is 0 Å². The van der Waals surface area contributed by atoms with E-state index in [1.54, 1.807) is 19.2 Å². The minimum atomic E-state index is -0.520. The number of nitriles is 1. The fraction of sp³-hybridized carbons (Fsp3) is 0.500. The molecule has 0 aliphatic heterocycles. The third kappa shape index (κ3) is 3.71. The van der Waals surface area contributed by atoms with Gasteiger partial charge in [-0.2, -0.15) is 5.26 Å². The quantitative estimate of drug-likeness (QED) is 0.842. The molecule has 0 saturated carbocycles. The number of hydrogen-bond donors (Lipinski definition) is 1. The summed E-state index contributed by atoms with van der Waals surface area (Å²) < 4.78 is 12.9. The number of halogens is 1. The van der Waals surface area contributed by atoms with Crippen molar-refractivity contribution in [3.8, 4) is 6.07 Å². The van der Waals surface area contributed by atoms with Crippen molar-refractivity contribution >= 4 is 5.69 Å². The van der Waals surface area contributed by atoms with Gasteiger partial charge in [0.2, 0.25) is 0 Å². The molecule has 1 N–H and O–H groups in total. The maximum absolute atomic E-state index is 12.9. The van der Waals surface area contributed by atoms with E-state index in [-0.39, 0.29) is 5.82 Å². The molecule has 0 radical (unpaired) electrons. The second kappa shape index (κ2) is 6.36. The zero-order valence-electron chi connectivity index (χ0n) is 11.2. The number of hydrogen-bond acceptors (Lipinski definition) is 3. The number of nitrogens with zero attached hydrogens (tertiary/aromatic N) is 2. The lowest BCUT2D eigenvalue weighted by Crippen LogP contribution is -2.41. The van der Waals surface area contributed by atoms with Crippen molar-refractivity contribution in [3.63, 3.8) is 0 Å². The second-order valence-corrected chi connectivity index (χ2v) is 4.50. The Balaban J connectivity index is 2.69. The van der Waals surface area contributed by atoms with Gasteiger partial charge in [-0.15, -0.1) is 0 Å². The molecule has 3 nitrogen and oxygen atoms in total. The monoisotopic (exact) mass is 249 g/mol. The average molecular weight is 249 g/mol. The first-order valence-electron chi connectivity index (χ1n) is 6.15. The van der Waals surface area contributed by atoms with E-state index in [0.29, 0.717) is 6.42 Å². The third-order valence-electron chi connectivity index (χ3n) is 3.25. The fourth-order valence-electron chi connectivity index (χ4n) is 1.72. The molecule has 4 heteroatoms. The van der Waals surface area contributed by atoms with Crippen molar-refractivity contribution in [2.45, 2.75) is 25.8 Å². The van der Waals surface area contributed by atoms with Crippen molar-refractivity contribution in [1.82, 2.24) is 5.32 Å². The van der Waals surface area contributed by atoms with Crippen LogP contribution in [0, 0.1) is 17.1 Å². The molecule has 0 aromatic heterocycles. The van der Waals surface area contributed by atoms with E-state index in [0.717, 1.165) is 18.8 Å². The Hall–Kier alpha value is -1.60. The van der Waals surface area contributed by atoms with Gasteiger partial charge in [-0.1, -0.05) is 0 Å². The van der Waals surface area contributed by atoms with E-state index in [4.69, 9.17) is 5.26 Å². The van der Waals surface area contributed by atoms with Gasteiger partial charge in [0, 0.05) is 18.8 Å². The molecule has 0 spiro atoms. The molecule has 0 bridgehead atoms. The molecule has 1 unspecified atom stereocenters. The van der Waals surface area contributed by atoms with Gasteiger partial charge < -0.3 is 10.2 Å². The second-order valence-electron chi connectivity index (χ2n) is 4.50. The van der Waals surface area contributed by atoms with Crippen molar-refractivity contribution in [1.29, 1.82) is 5.26 Å². The number of benzene rings is 1. The van der Waals surface area contributed by atoms with Crippen LogP contribution in [0.1, 0.15) is 20.3 Å². The molecule has 1 aromatic carbocycles. The van der Waals surface area contributed by atoms with Crippen LogP contribution in [-0.2, 0) is 0 Å². The third-order valence-corrected chi connectivity index (χ3v) is 3.25. The highest BCUT2D eigenvalue weighted by atomic mass is 19.1. The van der Waals surface area contributed by atoms with Crippen LogP contribution in [0.4, 0.5) is 10.1 Å². The van der Waals surface area contributed by atoms with Gasteiger partial charge in [0.15, 0.2) is 0 Å². The fourth-order valence-corrected chi connectivity index (χ4v) is 1.72. The molecule has 0 amide bonds. The lowest BCUT2D eigenvalue weighted by molar-refractivity contribution is 0.454. The van der Waals surface area contributed by atoms with Gasteiger partial charge in [-0.3, -0.25) is 0 Å². The summed E-state index contributed by atoms with van der Waals surface area (Å²) >= 11 is 0. The van der Waals surface area contributed by atoms with Crippen LogP contribution in [0.3, 0.4) is 0 Å². The number of rotatable bonds is 6. The maximum Gasteiger partial charge on any atom is 0.123 e. The summed E-state index contributed by atoms with van der Waals surface area (Å²) in [5.74, 6) is -0.230. The molecular weight excluding hydrogens is 229 g/mol. The summed E-state index contributed by atoms with van der Waals surface area (Å²) in [4.78, 5) is 2.13. The predicted molar refractivity (Wildman–Crippen MR) is 72.0 cm³/mol. The number of anilines is 1. The van der Waals surface area contributed by atoms with Crippen LogP contribution < -0.4 is 10.2 Å². The van der Waals surface area contributed by atoms with Crippen LogP contribution in [0.15, 0.2) is 24.3 Å². The van der Waals surface area contributed by atoms with Crippen molar-refractivity contribution < 1.29 is 4.39 Å². The zero-order chi connectivity index (χ0) is 13.6. The van der Waals surface area contributed by atoms with Crippen LogP contribution in [0.2, 0.25) is 0 Å². The smallest absolute Gasteiger partial charge is 0.123 e. The summed E-state index contributed by atoms with van der Waals surface area (Å²) in [6, 6.07) is 8.72. The van der Waals surface area contributed by atoms with E-state index in [9.17, 15) is 4.39 Å². The number of nitrogens with one attached hydrogen (secondary N) is 1. The summed E-state index contributed by atoms with van der Waals surface area (Å²) in [5.41, 5.74) is 0.461. The van der Waals surface area contributed by atoms with Gasteiger partial charge in [0.05, 0.1) is 6.07 Å². The Labute approximate surface area is 108 Å². The van der Waals surface area contributed by atoms with Crippen LogP contribution in [0.25, 0.3) is 0 Å². The van der Waals surface area contributed by atoms with Crippen molar-refractivity contribution in [2.75, 3.05) is 25.0 Å². The molecule has 1 atom stereocenters. The van der Waals surface area contributed by atoms with E-state index in [1.165, 1.54) is 12.1 Å². The molecule has 98 valence electrons. The average Bonchev–Trinajstić information content (AvgIpc) is 2.41. The van der Waals surface area contributed by atoms with Crippen LogP contribution >= 0.6 is 0 Å². The topological polar surface area (TPSA) is 39.1 Å². The Kier molecular flexibility index (Phi) is 5.11. The summed E-state index contributed by atoms with van der Waals surface area (Å²) in [6.45, 7) is 5.52. The Morgan fingerprint density at radius 3 is 2.44 bits per heavy atom. The SMILES string of the molecule is CCN(CCC(C)(C#N)NC)c1ccc(F)cc1. The molecule has 1 aromatic rings. The Morgan fingerprint density at radius 2 is 2.00 bits per heavy atom. The molecule has 0 fully saturated rings. The normalized spacial score (nSPS) is 13.7. The highest BCUT2D eigenvalue weighted by molar-refractivity contribution is 5.46. The standard InChI is InChI=1S/C14H20FN3/c1-4-18(10-9-14(2,11-16)17-3)13-7-5-12(15)6-8-13/h5-8,17H,4,9-10H2,1-3H3. The first kappa shape index (κ1) is 14.5. The lowest BCUT2D eigenvalue weighted by atomic mass is 10.00. The van der Waals surface area contributed by atoms with Gasteiger partial charge in [-0.25, -0.2) is 4.39 Å². The molecule has 18 heavy (non-hydrogen) atoms. The minimum Gasteiger partial charge on any atom is -0.372 e. The molecule has 0 heterocycles. The van der Waals surface area contributed by atoms with Crippen molar-refractivity contribution in [2.24, 2.45) is 0 Å².